The van der Waals surface area contributed by atoms with Gasteiger partial charge >= 0.3 is 6.03 Å². The van der Waals surface area contributed by atoms with Gasteiger partial charge in [0, 0.05) is 24.8 Å². The standard InChI is InChI=1S/C16H28N4O/c1-12(17)13-7-6-8-14(9-13)19-15(21)18-10-16(2,3)11-20(4)5/h6-9,12H,10-11,17H2,1-5H3,(H2,18,19,21). The van der Waals surface area contributed by atoms with Gasteiger partial charge in [-0.25, -0.2) is 4.79 Å². The molecule has 4 N–H and O–H groups in total. The van der Waals surface area contributed by atoms with Crippen molar-refractivity contribution in [1.82, 2.24) is 10.2 Å². The average molecular weight is 292 g/mol. The highest BCUT2D eigenvalue weighted by molar-refractivity contribution is 5.89. The smallest absolute Gasteiger partial charge is 0.319 e. The molecule has 0 aliphatic heterocycles. The Morgan fingerprint density at radius 2 is 2.05 bits per heavy atom. The molecule has 0 spiro atoms. The fourth-order valence-electron chi connectivity index (χ4n) is 2.31. The number of anilines is 1. The van der Waals surface area contributed by atoms with Gasteiger partial charge in [0.05, 0.1) is 0 Å². The van der Waals surface area contributed by atoms with E-state index in [1.807, 2.05) is 45.3 Å². The van der Waals surface area contributed by atoms with Crippen molar-refractivity contribution in [2.75, 3.05) is 32.5 Å². The Kier molecular flexibility index (Phi) is 6.18. The molecule has 1 unspecified atom stereocenters. The van der Waals surface area contributed by atoms with Crippen molar-refractivity contribution >= 4 is 11.7 Å². The summed E-state index contributed by atoms with van der Waals surface area (Å²) in [5.74, 6) is 0. The summed E-state index contributed by atoms with van der Waals surface area (Å²) in [6, 6.07) is 7.36. The zero-order valence-corrected chi connectivity index (χ0v) is 13.7. The molecule has 0 radical (unpaired) electrons. The second kappa shape index (κ2) is 7.43. The van der Waals surface area contributed by atoms with E-state index in [1.165, 1.54) is 0 Å². The van der Waals surface area contributed by atoms with Crippen LogP contribution in [0.1, 0.15) is 32.4 Å². The van der Waals surface area contributed by atoms with E-state index in [0.717, 1.165) is 17.8 Å². The molecule has 1 aromatic rings. The maximum atomic E-state index is 12.0. The van der Waals surface area contributed by atoms with E-state index in [4.69, 9.17) is 5.73 Å². The lowest BCUT2D eigenvalue weighted by molar-refractivity contribution is 0.222. The first-order valence-corrected chi connectivity index (χ1v) is 7.25. The fourth-order valence-corrected chi connectivity index (χ4v) is 2.31. The van der Waals surface area contributed by atoms with E-state index in [1.54, 1.807) is 0 Å². The molecular weight excluding hydrogens is 264 g/mol. The van der Waals surface area contributed by atoms with Crippen LogP contribution in [0.3, 0.4) is 0 Å². The van der Waals surface area contributed by atoms with Crippen LogP contribution in [0.2, 0.25) is 0 Å². The van der Waals surface area contributed by atoms with Crippen molar-refractivity contribution in [3.63, 3.8) is 0 Å². The van der Waals surface area contributed by atoms with Gasteiger partial charge in [-0.3, -0.25) is 0 Å². The number of rotatable bonds is 6. The average Bonchev–Trinajstić information content (AvgIpc) is 2.35. The van der Waals surface area contributed by atoms with Crippen LogP contribution in [0.5, 0.6) is 0 Å². The fraction of sp³-hybridized carbons (Fsp3) is 0.562. The number of benzene rings is 1. The second-order valence-electron chi connectivity index (χ2n) is 6.62. The number of hydrogen-bond acceptors (Lipinski definition) is 3. The van der Waals surface area contributed by atoms with Crippen molar-refractivity contribution in [3.8, 4) is 0 Å². The molecule has 0 aliphatic rings. The molecule has 0 saturated heterocycles. The molecule has 0 heterocycles. The zero-order valence-electron chi connectivity index (χ0n) is 13.7. The summed E-state index contributed by atoms with van der Waals surface area (Å²) in [4.78, 5) is 14.1. The second-order valence-corrected chi connectivity index (χ2v) is 6.62. The zero-order chi connectivity index (χ0) is 16.0. The summed E-state index contributed by atoms with van der Waals surface area (Å²) < 4.78 is 0. The predicted molar refractivity (Wildman–Crippen MR) is 88.4 cm³/mol. The number of amides is 2. The highest BCUT2D eigenvalue weighted by atomic mass is 16.2. The topological polar surface area (TPSA) is 70.4 Å². The molecule has 2 amide bonds. The van der Waals surface area contributed by atoms with Crippen LogP contribution in [0, 0.1) is 5.41 Å². The molecule has 21 heavy (non-hydrogen) atoms. The molecule has 0 fully saturated rings. The molecule has 5 nitrogen and oxygen atoms in total. The third-order valence-electron chi connectivity index (χ3n) is 3.14. The first kappa shape index (κ1) is 17.5. The van der Waals surface area contributed by atoms with Crippen LogP contribution in [0.4, 0.5) is 10.5 Å². The number of nitrogens with two attached hydrogens (primary N) is 1. The Morgan fingerprint density at radius 1 is 1.38 bits per heavy atom. The lowest BCUT2D eigenvalue weighted by Gasteiger charge is -2.28. The predicted octanol–water partition coefficient (Wildman–Crippen LogP) is 2.42. The lowest BCUT2D eigenvalue weighted by Crippen LogP contribution is -2.41. The van der Waals surface area contributed by atoms with Crippen molar-refractivity contribution in [3.05, 3.63) is 29.8 Å². The van der Waals surface area contributed by atoms with Gasteiger partial charge in [-0.05, 0) is 44.1 Å². The van der Waals surface area contributed by atoms with Gasteiger partial charge < -0.3 is 21.3 Å². The van der Waals surface area contributed by atoms with Gasteiger partial charge in [0.1, 0.15) is 0 Å². The van der Waals surface area contributed by atoms with Gasteiger partial charge in [0.2, 0.25) is 0 Å². The van der Waals surface area contributed by atoms with Crippen LogP contribution in [-0.2, 0) is 0 Å². The summed E-state index contributed by atoms with van der Waals surface area (Å²) in [6.07, 6.45) is 0. The highest BCUT2D eigenvalue weighted by Crippen LogP contribution is 2.16. The van der Waals surface area contributed by atoms with Gasteiger partial charge in [-0.1, -0.05) is 26.0 Å². The number of carbonyl (C=O) groups is 1. The molecule has 1 atom stereocenters. The molecule has 118 valence electrons. The Hall–Kier alpha value is -1.59. The largest absolute Gasteiger partial charge is 0.337 e. The summed E-state index contributed by atoms with van der Waals surface area (Å²) in [6.45, 7) is 7.70. The van der Waals surface area contributed by atoms with Gasteiger partial charge in [-0.15, -0.1) is 0 Å². The molecule has 5 heteroatoms. The Morgan fingerprint density at radius 3 is 2.62 bits per heavy atom. The first-order chi connectivity index (χ1) is 9.69. The van der Waals surface area contributed by atoms with Crippen LogP contribution < -0.4 is 16.4 Å². The maximum absolute atomic E-state index is 12.0. The number of urea groups is 1. The Balaban J connectivity index is 2.52. The molecule has 0 saturated carbocycles. The van der Waals surface area contributed by atoms with Crippen molar-refractivity contribution in [2.24, 2.45) is 11.1 Å². The minimum atomic E-state index is -0.191. The minimum Gasteiger partial charge on any atom is -0.337 e. The molecule has 1 rings (SSSR count). The first-order valence-electron chi connectivity index (χ1n) is 7.25. The lowest BCUT2D eigenvalue weighted by atomic mass is 9.93. The van der Waals surface area contributed by atoms with E-state index >= 15 is 0 Å². The molecule has 0 aliphatic carbocycles. The van der Waals surface area contributed by atoms with E-state index in [9.17, 15) is 4.79 Å². The van der Waals surface area contributed by atoms with Gasteiger partial charge in [0.15, 0.2) is 0 Å². The normalized spacial score (nSPS) is 13.1. The Bertz CT molecular complexity index is 469. The summed E-state index contributed by atoms with van der Waals surface area (Å²) in [5.41, 5.74) is 7.62. The van der Waals surface area contributed by atoms with Gasteiger partial charge in [0.25, 0.3) is 0 Å². The molecule has 0 bridgehead atoms. The number of nitrogens with zero attached hydrogens (tertiary/aromatic N) is 1. The highest BCUT2D eigenvalue weighted by Gasteiger charge is 2.19. The monoisotopic (exact) mass is 292 g/mol. The quantitative estimate of drug-likeness (QED) is 0.754. The maximum Gasteiger partial charge on any atom is 0.319 e. The number of carbonyl (C=O) groups excluding carboxylic acids is 1. The van der Waals surface area contributed by atoms with E-state index in [2.05, 4.69) is 29.4 Å². The SMILES string of the molecule is CC(N)c1cccc(NC(=O)NCC(C)(C)CN(C)C)c1. The number of hydrogen-bond donors (Lipinski definition) is 3. The van der Waals surface area contributed by atoms with Crippen molar-refractivity contribution in [1.29, 1.82) is 0 Å². The van der Waals surface area contributed by atoms with E-state index in [-0.39, 0.29) is 17.5 Å². The summed E-state index contributed by atoms with van der Waals surface area (Å²) in [5, 5.41) is 5.76. The van der Waals surface area contributed by atoms with Gasteiger partial charge in [-0.2, -0.15) is 0 Å². The number of nitrogens with one attached hydrogen (secondary N) is 2. The molecule has 0 aromatic heterocycles. The van der Waals surface area contributed by atoms with E-state index in [0.29, 0.717) is 6.54 Å². The third kappa shape index (κ3) is 6.60. The van der Waals surface area contributed by atoms with Crippen molar-refractivity contribution in [2.45, 2.75) is 26.8 Å². The summed E-state index contributed by atoms with van der Waals surface area (Å²) >= 11 is 0. The Labute approximate surface area is 127 Å². The summed E-state index contributed by atoms with van der Waals surface area (Å²) in [7, 11) is 4.06. The van der Waals surface area contributed by atoms with Crippen LogP contribution in [0.15, 0.2) is 24.3 Å². The van der Waals surface area contributed by atoms with E-state index < -0.39 is 0 Å². The van der Waals surface area contributed by atoms with Crippen LogP contribution >= 0.6 is 0 Å². The third-order valence-corrected chi connectivity index (χ3v) is 3.14. The molecular formula is C16H28N4O. The molecule has 1 aromatic carbocycles. The van der Waals surface area contributed by atoms with Crippen molar-refractivity contribution < 1.29 is 4.79 Å². The van der Waals surface area contributed by atoms with Crippen LogP contribution in [0.25, 0.3) is 0 Å². The van der Waals surface area contributed by atoms with Crippen LogP contribution in [-0.4, -0.2) is 38.1 Å². The minimum absolute atomic E-state index is 0.0223.